The molecule has 4 nitrogen and oxygen atoms in total. The number of esters is 2. The molecule has 0 bridgehead atoms. The average molecular weight is 737 g/mol. The molecular weight excluding hydrogens is 653 g/mol. The number of carbonyl (C=O) groups excluding carboxylic acids is 2. The Labute approximate surface area is 327 Å². The first-order valence-electron chi connectivity index (χ1n) is 23.3. The minimum atomic E-state index is -0.347. The predicted octanol–water partition coefficient (Wildman–Crippen LogP) is 14.6. The van der Waals surface area contributed by atoms with Gasteiger partial charge in [0.05, 0.1) is 19.1 Å². The average Bonchev–Trinajstić information content (AvgIpc) is 3.49. The Hall–Kier alpha value is -1.58. The second kappa shape index (κ2) is 22.8. The summed E-state index contributed by atoms with van der Waals surface area (Å²) in [5.74, 6) is 4.39. The molecule has 0 aromatic rings. The van der Waals surface area contributed by atoms with Crippen molar-refractivity contribution in [2.75, 3.05) is 0 Å². The highest BCUT2D eigenvalue weighted by Gasteiger charge is 2.59. The van der Waals surface area contributed by atoms with Crippen LogP contribution in [0.2, 0.25) is 0 Å². The molecular formula is C49H84O4. The fourth-order valence-electron chi connectivity index (χ4n) is 11.9. The smallest absolute Gasteiger partial charge is 0.311 e. The molecule has 4 aliphatic rings. The summed E-state index contributed by atoms with van der Waals surface area (Å²) in [6, 6.07) is 0. The minimum absolute atomic E-state index is 0.0594. The van der Waals surface area contributed by atoms with Crippen LogP contribution >= 0.6 is 0 Å². The van der Waals surface area contributed by atoms with Crippen LogP contribution in [0.3, 0.4) is 0 Å². The van der Waals surface area contributed by atoms with Crippen LogP contribution in [0.1, 0.15) is 221 Å². The van der Waals surface area contributed by atoms with Crippen molar-refractivity contribution in [3.8, 4) is 0 Å². The number of ether oxygens (including phenoxy) is 2. The van der Waals surface area contributed by atoms with Crippen molar-refractivity contribution in [3.05, 3.63) is 24.0 Å². The van der Waals surface area contributed by atoms with E-state index >= 15 is 0 Å². The highest BCUT2D eigenvalue weighted by Crippen LogP contribution is 2.67. The molecule has 0 amide bonds. The van der Waals surface area contributed by atoms with Crippen LogP contribution in [0.25, 0.3) is 0 Å². The van der Waals surface area contributed by atoms with E-state index in [1.807, 2.05) is 6.08 Å². The predicted molar refractivity (Wildman–Crippen MR) is 222 cm³/mol. The quantitative estimate of drug-likeness (QED) is 0.0405. The van der Waals surface area contributed by atoms with Crippen molar-refractivity contribution < 1.29 is 19.1 Å². The molecule has 8 atom stereocenters. The lowest BCUT2D eigenvalue weighted by Crippen LogP contribution is -2.51. The molecule has 0 aromatic carbocycles. The topological polar surface area (TPSA) is 52.6 Å². The first kappa shape index (κ1) is 44.1. The lowest BCUT2D eigenvalue weighted by atomic mass is 9.47. The lowest BCUT2D eigenvalue weighted by molar-refractivity contribution is -0.154. The van der Waals surface area contributed by atoms with Crippen molar-refractivity contribution in [3.63, 3.8) is 0 Å². The van der Waals surface area contributed by atoms with Gasteiger partial charge in [-0.25, -0.2) is 0 Å². The molecule has 4 rings (SSSR count). The summed E-state index contributed by atoms with van der Waals surface area (Å²) in [4.78, 5) is 25.1. The normalized spacial score (nSPS) is 30.1. The zero-order valence-electron chi connectivity index (χ0n) is 35.7. The number of fused-ring (bicyclic) bond motifs is 5. The molecule has 53 heavy (non-hydrogen) atoms. The van der Waals surface area contributed by atoms with Crippen LogP contribution < -0.4 is 0 Å². The van der Waals surface area contributed by atoms with Crippen LogP contribution in [-0.2, 0) is 19.1 Å². The van der Waals surface area contributed by atoms with Crippen LogP contribution in [0.4, 0.5) is 0 Å². The summed E-state index contributed by atoms with van der Waals surface area (Å²) in [6.07, 6.45) is 40.0. The van der Waals surface area contributed by atoms with E-state index in [9.17, 15) is 9.59 Å². The van der Waals surface area contributed by atoms with Gasteiger partial charge in [0.1, 0.15) is 6.10 Å². The fourth-order valence-corrected chi connectivity index (χ4v) is 11.9. The summed E-state index contributed by atoms with van der Waals surface area (Å²) < 4.78 is 11.3. The maximum atomic E-state index is 12.8. The molecule has 0 saturated heterocycles. The van der Waals surface area contributed by atoms with E-state index in [2.05, 4.69) is 47.6 Å². The van der Waals surface area contributed by atoms with Crippen molar-refractivity contribution in [1.29, 1.82) is 0 Å². The zero-order valence-corrected chi connectivity index (χ0v) is 35.7. The fraction of sp³-hybridized carbons (Fsp3) is 0.878. The minimum Gasteiger partial charge on any atom is -0.462 e. The SMILES string of the molecule is CCCCCCCCCCCCCCCCC=COC(=O)CCC(=O)OC1CC[C@@]2(C)C(=CCC3C2CC[C@@]2(C)C3CC[C@@H]2[C@H](C)CCCC(C)C)C1. The monoisotopic (exact) mass is 737 g/mol. The van der Waals surface area contributed by atoms with Gasteiger partial charge in [-0.3, -0.25) is 9.59 Å². The van der Waals surface area contributed by atoms with Crippen LogP contribution in [0.5, 0.6) is 0 Å². The number of unbranched alkanes of at least 4 members (excludes halogenated alkanes) is 14. The Bertz CT molecular complexity index is 1140. The summed E-state index contributed by atoms with van der Waals surface area (Å²) in [7, 11) is 0. The van der Waals surface area contributed by atoms with Crippen LogP contribution in [-0.4, -0.2) is 18.0 Å². The Morgan fingerprint density at radius 3 is 2.06 bits per heavy atom. The number of allylic oxidation sites excluding steroid dienone is 2. The van der Waals surface area contributed by atoms with Crippen LogP contribution in [0.15, 0.2) is 24.0 Å². The first-order valence-corrected chi connectivity index (χ1v) is 23.3. The molecule has 3 fully saturated rings. The number of rotatable bonds is 25. The van der Waals surface area contributed by atoms with Gasteiger partial charge in [0.25, 0.3) is 0 Å². The number of carbonyl (C=O) groups is 2. The van der Waals surface area contributed by atoms with Gasteiger partial charge in [0.15, 0.2) is 0 Å². The Kier molecular flexibility index (Phi) is 19.0. The molecule has 4 unspecified atom stereocenters. The van der Waals surface area contributed by atoms with E-state index < -0.39 is 0 Å². The molecule has 0 radical (unpaired) electrons. The highest BCUT2D eigenvalue weighted by atomic mass is 16.5. The third-order valence-electron chi connectivity index (χ3n) is 15.1. The van der Waals surface area contributed by atoms with Crippen LogP contribution in [0, 0.1) is 46.3 Å². The summed E-state index contributed by atoms with van der Waals surface area (Å²) in [5.41, 5.74) is 2.30. The van der Waals surface area contributed by atoms with Crippen molar-refractivity contribution in [2.24, 2.45) is 46.3 Å². The second-order valence-electron chi connectivity index (χ2n) is 19.4. The number of hydrogen-bond acceptors (Lipinski definition) is 4. The molecule has 304 valence electrons. The van der Waals surface area contributed by atoms with Gasteiger partial charge in [-0.15, -0.1) is 0 Å². The molecule has 0 heterocycles. The molecule has 3 saturated carbocycles. The number of hydrogen-bond donors (Lipinski definition) is 0. The third-order valence-corrected chi connectivity index (χ3v) is 15.1. The van der Waals surface area contributed by atoms with E-state index in [1.54, 1.807) is 5.57 Å². The van der Waals surface area contributed by atoms with Gasteiger partial charge in [-0.05, 0) is 110 Å². The maximum Gasteiger partial charge on any atom is 0.311 e. The maximum absolute atomic E-state index is 12.8. The summed E-state index contributed by atoms with van der Waals surface area (Å²) >= 11 is 0. The summed E-state index contributed by atoms with van der Waals surface area (Å²) in [5, 5.41) is 0. The van der Waals surface area contributed by atoms with E-state index in [1.165, 1.54) is 141 Å². The van der Waals surface area contributed by atoms with Gasteiger partial charge in [0.2, 0.25) is 0 Å². The first-order chi connectivity index (χ1) is 25.6. The van der Waals surface area contributed by atoms with E-state index in [0.717, 1.165) is 67.6 Å². The molecule has 0 aliphatic heterocycles. The Morgan fingerprint density at radius 1 is 0.755 bits per heavy atom. The highest BCUT2D eigenvalue weighted by molar-refractivity contribution is 5.78. The van der Waals surface area contributed by atoms with Gasteiger partial charge >= 0.3 is 11.9 Å². The molecule has 4 aliphatic carbocycles. The molecule has 0 aromatic heterocycles. The van der Waals surface area contributed by atoms with E-state index in [-0.39, 0.29) is 36.3 Å². The van der Waals surface area contributed by atoms with Gasteiger partial charge in [-0.2, -0.15) is 0 Å². The van der Waals surface area contributed by atoms with Gasteiger partial charge in [-0.1, -0.05) is 156 Å². The lowest BCUT2D eigenvalue weighted by Gasteiger charge is -2.58. The molecule has 0 N–H and O–H groups in total. The van der Waals surface area contributed by atoms with Gasteiger partial charge < -0.3 is 9.47 Å². The van der Waals surface area contributed by atoms with Crippen molar-refractivity contribution in [1.82, 2.24) is 0 Å². The van der Waals surface area contributed by atoms with E-state index in [0.29, 0.717) is 5.41 Å². The third kappa shape index (κ3) is 13.3. The van der Waals surface area contributed by atoms with Crippen molar-refractivity contribution in [2.45, 2.75) is 227 Å². The largest absolute Gasteiger partial charge is 0.462 e. The second-order valence-corrected chi connectivity index (χ2v) is 19.4. The van der Waals surface area contributed by atoms with Crippen molar-refractivity contribution >= 4 is 11.9 Å². The van der Waals surface area contributed by atoms with E-state index in [4.69, 9.17) is 9.47 Å². The standard InChI is InChI=1S/C49H84O4/c1-7-8-9-10-11-12-13-14-15-16-17-18-19-20-21-22-36-52-46(50)30-31-47(51)53-41-32-34-48(5)40(37-41)26-27-42-44-29-28-43(39(4)25-23-24-38(2)3)49(44,6)35-33-45(42)48/h22,26,36,38-39,41-45H,7-21,23-25,27-35,37H2,1-6H3/t39-,41?,42?,43-,44?,45?,48+,49-/m1/s1. The summed E-state index contributed by atoms with van der Waals surface area (Å²) in [6.45, 7) is 14.8. The van der Waals surface area contributed by atoms with Gasteiger partial charge in [0, 0.05) is 6.42 Å². The molecule has 0 spiro atoms. The molecule has 4 heteroatoms. The zero-order chi connectivity index (χ0) is 38.1. The Morgan fingerprint density at radius 2 is 1.40 bits per heavy atom. The Balaban J connectivity index is 1.06.